The highest BCUT2D eigenvalue weighted by molar-refractivity contribution is 9.10. The molecule has 5 heteroatoms. The molecule has 0 fully saturated rings. The smallest absolute Gasteiger partial charge is 0.137 e. The number of hydrogen-bond donors (Lipinski definition) is 1. The van der Waals surface area contributed by atoms with Crippen LogP contribution in [0, 0.1) is 11.6 Å². The van der Waals surface area contributed by atoms with Crippen LogP contribution in [0.3, 0.4) is 0 Å². The SMILES string of the molecule is NCCc1cc(F)cc(OCc2ccc(F)c(Br)c2)c1. The van der Waals surface area contributed by atoms with Gasteiger partial charge in [0.05, 0.1) is 4.47 Å². The predicted molar refractivity (Wildman–Crippen MR) is 77.6 cm³/mol. The molecule has 0 spiro atoms. The summed E-state index contributed by atoms with van der Waals surface area (Å²) in [5.41, 5.74) is 7.04. The summed E-state index contributed by atoms with van der Waals surface area (Å²) in [6.45, 7) is 0.693. The summed E-state index contributed by atoms with van der Waals surface area (Å²) in [6.07, 6.45) is 0.593. The summed E-state index contributed by atoms with van der Waals surface area (Å²) in [5.74, 6) is -0.245. The van der Waals surface area contributed by atoms with Gasteiger partial charge < -0.3 is 10.5 Å². The molecule has 0 saturated heterocycles. The van der Waals surface area contributed by atoms with E-state index in [0.29, 0.717) is 23.2 Å². The number of benzene rings is 2. The van der Waals surface area contributed by atoms with Gasteiger partial charge in [0.2, 0.25) is 0 Å². The molecule has 0 aliphatic carbocycles. The van der Waals surface area contributed by atoms with Gasteiger partial charge in [0, 0.05) is 6.07 Å². The van der Waals surface area contributed by atoms with E-state index in [4.69, 9.17) is 10.5 Å². The number of hydrogen-bond acceptors (Lipinski definition) is 2. The molecule has 0 atom stereocenters. The Morgan fingerprint density at radius 2 is 1.85 bits per heavy atom. The first-order valence-electron chi connectivity index (χ1n) is 6.15. The van der Waals surface area contributed by atoms with Crippen molar-refractivity contribution >= 4 is 15.9 Å². The molecule has 0 bridgehead atoms. The fourth-order valence-corrected chi connectivity index (χ4v) is 2.24. The second-order valence-corrected chi connectivity index (χ2v) is 5.23. The van der Waals surface area contributed by atoms with Crippen molar-refractivity contribution in [2.75, 3.05) is 6.54 Å². The van der Waals surface area contributed by atoms with E-state index in [1.165, 1.54) is 18.2 Å². The van der Waals surface area contributed by atoms with Crippen LogP contribution in [0.15, 0.2) is 40.9 Å². The van der Waals surface area contributed by atoms with E-state index in [2.05, 4.69) is 15.9 Å². The normalized spacial score (nSPS) is 10.6. The number of ether oxygens (including phenoxy) is 1. The zero-order valence-electron chi connectivity index (χ0n) is 10.7. The Kier molecular flexibility index (Phi) is 5.09. The molecule has 2 nitrogen and oxygen atoms in total. The minimum absolute atomic E-state index is 0.240. The van der Waals surface area contributed by atoms with Gasteiger partial charge in [0.1, 0.15) is 24.0 Å². The molecule has 2 N–H and O–H groups in total. The first-order valence-corrected chi connectivity index (χ1v) is 6.94. The highest BCUT2D eigenvalue weighted by atomic mass is 79.9. The maximum atomic E-state index is 13.4. The van der Waals surface area contributed by atoms with Crippen LogP contribution >= 0.6 is 15.9 Å². The van der Waals surface area contributed by atoms with E-state index in [-0.39, 0.29) is 18.2 Å². The molecular formula is C15H14BrF2NO. The minimum Gasteiger partial charge on any atom is -0.489 e. The molecule has 2 aromatic carbocycles. The molecule has 0 aliphatic heterocycles. The molecule has 0 amide bonds. The van der Waals surface area contributed by atoms with Crippen molar-refractivity contribution in [1.82, 2.24) is 0 Å². The molecule has 0 aliphatic rings. The molecular weight excluding hydrogens is 328 g/mol. The Labute approximate surface area is 124 Å². The third kappa shape index (κ3) is 4.02. The second-order valence-electron chi connectivity index (χ2n) is 4.37. The average Bonchev–Trinajstić information content (AvgIpc) is 2.40. The minimum atomic E-state index is -0.355. The molecule has 106 valence electrons. The maximum absolute atomic E-state index is 13.4. The Balaban J connectivity index is 2.08. The van der Waals surface area contributed by atoms with E-state index in [1.54, 1.807) is 18.2 Å². The predicted octanol–water partition coefficient (Wildman–Crippen LogP) is 3.81. The van der Waals surface area contributed by atoms with Crippen LogP contribution in [-0.4, -0.2) is 6.54 Å². The molecule has 2 aromatic rings. The van der Waals surface area contributed by atoms with Crippen LogP contribution in [0.1, 0.15) is 11.1 Å². The standard InChI is InChI=1S/C15H14BrF2NO/c16-14-7-11(1-2-15(14)18)9-20-13-6-10(3-4-19)5-12(17)8-13/h1-2,5-8H,3-4,9,19H2. The molecule has 0 aromatic heterocycles. The average molecular weight is 342 g/mol. The fourth-order valence-electron chi connectivity index (χ4n) is 1.81. The van der Waals surface area contributed by atoms with E-state index in [1.807, 2.05) is 0 Å². The van der Waals surface area contributed by atoms with Crippen molar-refractivity contribution in [3.05, 3.63) is 63.6 Å². The summed E-state index contributed by atoms with van der Waals surface area (Å²) in [4.78, 5) is 0. The van der Waals surface area contributed by atoms with E-state index in [0.717, 1.165) is 11.1 Å². The molecule has 0 saturated carbocycles. The van der Waals surface area contributed by atoms with Gasteiger partial charge in [-0.15, -0.1) is 0 Å². The summed E-state index contributed by atoms with van der Waals surface area (Å²) in [7, 11) is 0. The number of halogens is 3. The van der Waals surface area contributed by atoms with Crippen LogP contribution in [0.5, 0.6) is 5.75 Å². The van der Waals surface area contributed by atoms with Gasteiger partial charge in [-0.05, 0) is 64.3 Å². The lowest BCUT2D eigenvalue weighted by Gasteiger charge is -2.09. The number of rotatable bonds is 5. The Hall–Kier alpha value is -1.46. The van der Waals surface area contributed by atoms with Crippen molar-refractivity contribution in [1.29, 1.82) is 0 Å². The van der Waals surface area contributed by atoms with Crippen LogP contribution in [-0.2, 0) is 13.0 Å². The van der Waals surface area contributed by atoms with Crippen molar-refractivity contribution in [3.8, 4) is 5.75 Å². The summed E-state index contributed by atoms with van der Waals surface area (Å²) in [6, 6.07) is 9.13. The van der Waals surface area contributed by atoms with Gasteiger partial charge >= 0.3 is 0 Å². The molecule has 0 heterocycles. The Bertz CT molecular complexity index is 604. The zero-order valence-corrected chi connectivity index (χ0v) is 12.3. The van der Waals surface area contributed by atoms with Gasteiger partial charge in [-0.3, -0.25) is 0 Å². The lowest BCUT2D eigenvalue weighted by atomic mass is 10.1. The highest BCUT2D eigenvalue weighted by Crippen LogP contribution is 2.20. The zero-order chi connectivity index (χ0) is 14.5. The lowest BCUT2D eigenvalue weighted by Crippen LogP contribution is -2.04. The molecule has 2 rings (SSSR count). The lowest BCUT2D eigenvalue weighted by molar-refractivity contribution is 0.304. The summed E-state index contributed by atoms with van der Waals surface area (Å²) in [5, 5.41) is 0. The van der Waals surface area contributed by atoms with Crippen LogP contribution in [0.2, 0.25) is 0 Å². The molecule has 0 radical (unpaired) electrons. The van der Waals surface area contributed by atoms with Crippen molar-refractivity contribution < 1.29 is 13.5 Å². The second kappa shape index (κ2) is 6.81. The van der Waals surface area contributed by atoms with E-state index in [9.17, 15) is 8.78 Å². The quantitative estimate of drug-likeness (QED) is 0.897. The van der Waals surface area contributed by atoms with Gasteiger partial charge in [0.25, 0.3) is 0 Å². The monoisotopic (exact) mass is 341 g/mol. The molecule has 0 unspecified atom stereocenters. The van der Waals surface area contributed by atoms with E-state index < -0.39 is 0 Å². The van der Waals surface area contributed by atoms with Crippen LogP contribution in [0.25, 0.3) is 0 Å². The first-order chi connectivity index (χ1) is 9.58. The largest absolute Gasteiger partial charge is 0.489 e. The van der Waals surface area contributed by atoms with Gasteiger partial charge in [0.15, 0.2) is 0 Å². The summed E-state index contributed by atoms with van der Waals surface area (Å²) >= 11 is 3.11. The highest BCUT2D eigenvalue weighted by Gasteiger charge is 2.04. The summed E-state index contributed by atoms with van der Waals surface area (Å²) < 4.78 is 32.4. The van der Waals surface area contributed by atoms with Crippen LogP contribution in [0.4, 0.5) is 8.78 Å². The third-order valence-corrected chi connectivity index (χ3v) is 3.36. The van der Waals surface area contributed by atoms with Crippen molar-refractivity contribution in [2.24, 2.45) is 5.73 Å². The van der Waals surface area contributed by atoms with Crippen LogP contribution < -0.4 is 10.5 Å². The third-order valence-electron chi connectivity index (χ3n) is 2.75. The van der Waals surface area contributed by atoms with Gasteiger partial charge in [-0.2, -0.15) is 0 Å². The number of nitrogens with two attached hydrogens (primary N) is 1. The Morgan fingerprint density at radius 1 is 1.05 bits per heavy atom. The first kappa shape index (κ1) is 14.9. The topological polar surface area (TPSA) is 35.2 Å². The van der Waals surface area contributed by atoms with E-state index >= 15 is 0 Å². The van der Waals surface area contributed by atoms with Gasteiger partial charge in [-0.1, -0.05) is 6.07 Å². The maximum Gasteiger partial charge on any atom is 0.137 e. The van der Waals surface area contributed by atoms with Crippen molar-refractivity contribution in [2.45, 2.75) is 13.0 Å². The molecule has 20 heavy (non-hydrogen) atoms. The van der Waals surface area contributed by atoms with Crippen molar-refractivity contribution in [3.63, 3.8) is 0 Å². The fraction of sp³-hybridized carbons (Fsp3) is 0.200. The Morgan fingerprint density at radius 3 is 2.55 bits per heavy atom. The van der Waals surface area contributed by atoms with Gasteiger partial charge in [-0.25, -0.2) is 8.78 Å².